The molecule has 18 heavy (non-hydrogen) atoms. The molecule has 0 saturated carbocycles. The Labute approximate surface area is 114 Å². The monoisotopic (exact) mass is 291 g/mol. The summed E-state index contributed by atoms with van der Waals surface area (Å²) in [6.07, 6.45) is 5.10. The summed E-state index contributed by atoms with van der Waals surface area (Å²) in [4.78, 5) is 4.04. The number of hydrogen-bond acceptors (Lipinski definition) is 4. The lowest BCUT2D eigenvalue weighted by atomic mass is 10.0. The maximum absolute atomic E-state index is 11.9. The summed E-state index contributed by atoms with van der Waals surface area (Å²) in [6, 6.07) is 3.17. The summed E-state index contributed by atoms with van der Waals surface area (Å²) in [5, 5.41) is 3.26. The second-order valence-electron chi connectivity index (χ2n) is 4.25. The Bertz CT molecular complexity index is 447. The van der Waals surface area contributed by atoms with Gasteiger partial charge in [0.05, 0.1) is 0 Å². The van der Waals surface area contributed by atoms with Gasteiger partial charge < -0.3 is 5.32 Å². The van der Waals surface area contributed by atoms with Crippen LogP contribution in [0.15, 0.2) is 29.4 Å². The second kappa shape index (κ2) is 7.04. The molecule has 0 radical (unpaired) electrons. The predicted molar refractivity (Wildman–Crippen MR) is 72.3 cm³/mol. The van der Waals surface area contributed by atoms with E-state index in [-0.39, 0.29) is 17.3 Å². The van der Waals surface area contributed by atoms with Crippen molar-refractivity contribution < 1.29 is 8.42 Å². The lowest BCUT2D eigenvalue weighted by molar-refractivity contribution is 0.376. The van der Waals surface area contributed by atoms with Crippen LogP contribution in [0.1, 0.15) is 12.8 Å². The van der Waals surface area contributed by atoms with E-state index in [4.69, 9.17) is 0 Å². The minimum Gasteiger partial charge on any atom is -0.316 e. The molecule has 0 aromatic carbocycles. The molecule has 1 aliphatic heterocycles. The van der Waals surface area contributed by atoms with Gasteiger partial charge in [0.25, 0.3) is 0 Å². The van der Waals surface area contributed by atoms with Crippen LogP contribution in [0.2, 0.25) is 0 Å². The van der Waals surface area contributed by atoms with Crippen LogP contribution in [-0.2, 0) is 10.0 Å². The number of piperidine rings is 1. The van der Waals surface area contributed by atoms with Gasteiger partial charge in [-0.3, -0.25) is 4.98 Å². The van der Waals surface area contributed by atoms with Crippen molar-refractivity contribution >= 4 is 22.4 Å². The van der Waals surface area contributed by atoms with Crippen LogP contribution >= 0.6 is 12.4 Å². The summed E-state index contributed by atoms with van der Waals surface area (Å²) in [7, 11) is -3.40. The van der Waals surface area contributed by atoms with Gasteiger partial charge in [0.15, 0.2) is 0 Å². The highest BCUT2D eigenvalue weighted by Gasteiger charge is 2.18. The molecule has 1 atom stereocenters. The van der Waals surface area contributed by atoms with E-state index < -0.39 is 10.0 Å². The van der Waals surface area contributed by atoms with Gasteiger partial charge in [0.2, 0.25) is 10.0 Å². The fourth-order valence-corrected chi connectivity index (χ4v) is 2.99. The number of pyridine rings is 1. The summed E-state index contributed by atoms with van der Waals surface area (Å²) in [5.74, 6) is 0.384. The Hall–Kier alpha value is -0.690. The molecule has 7 heteroatoms. The molecule has 0 bridgehead atoms. The standard InChI is InChI=1S/C11H17N3O2S.ClH/c15-17(16,11-4-2-6-13-9-11)14-8-10-3-1-5-12-7-10;/h2,4,6,9-10,12,14H,1,3,5,7-8H2;1H. The van der Waals surface area contributed by atoms with E-state index in [1.807, 2.05) is 0 Å². The van der Waals surface area contributed by atoms with E-state index in [1.54, 1.807) is 18.3 Å². The zero-order valence-electron chi connectivity index (χ0n) is 10.0. The summed E-state index contributed by atoms with van der Waals surface area (Å²) in [5.41, 5.74) is 0. The van der Waals surface area contributed by atoms with Gasteiger partial charge in [0.1, 0.15) is 4.90 Å². The number of rotatable bonds is 4. The Kier molecular flexibility index (Phi) is 6.01. The molecule has 1 aliphatic rings. The van der Waals surface area contributed by atoms with E-state index >= 15 is 0 Å². The highest BCUT2D eigenvalue weighted by molar-refractivity contribution is 7.89. The average Bonchev–Trinajstić information content (AvgIpc) is 2.39. The number of hydrogen-bond donors (Lipinski definition) is 2. The normalized spacial score (nSPS) is 20.1. The van der Waals surface area contributed by atoms with Crippen molar-refractivity contribution in [3.05, 3.63) is 24.5 Å². The molecule has 0 spiro atoms. The SMILES string of the molecule is Cl.O=S(=O)(NCC1CCCNC1)c1cccnc1. The van der Waals surface area contributed by atoms with Crippen molar-refractivity contribution in [3.8, 4) is 0 Å². The minimum absolute atomic E-state index is 0. The molecule has 2 heterocycles. The first-order valence-electron chi connectivity index (χ1n) is 5.79. The van der Waals surface area contributed by atoms with Crippen LogP contribution in [0, 0.1) is 5.92 Å². The van der Waals surface area contributed by atoms with Crippen LogP contribution in [0.4, 0.5) is 0 Å². The van der Waals surface area contributed by atoms with Crippen LogP contribution in [0.25, 0.3) is 0 Å². The topological polar surface area (TPSA) is 71.1 Å². The average molecular weight is 292 g/mol. The number of sulfonamides is 1. The van der Waals surface area contributed by atoms with Gasteiger partial charge in [-0.1, -0.05) is 0 Å². The van der Waals surface area contributed by atoms with Crippen molar-refractivity contribution in [2.75, 3.05) is 19.6 Å². The lowest BCUT2D eigenvalue weighted by Crippen LogP contribution is -2.38. The van der Waals surface area contributed by atoms with Gasteiger partial charge in [0, 0.05) is 18.9 Å². The van der Waals surface area contributed by atoms with Crippen molar-refractivity contribution in [1.82, 2.24) is 15.0 Å². The Morgan fingerprint density at radius 3 is 2.94 bits per heavy atom. The Morgan fingerprint density at radius 2 is 2.33 bits per heavy atom. The highest BCUT2D eigenvalue weighted by atomic mass is 35.5. The molecule has 1 saturated heterocycles. The first-order chi connectivity index (χ1) is 8.18. The van der Waals surface area contributed by atoms with Gasteiger partial charge in [-0.05, 0) is 44.0 Å². The Balaban J connectivity index is 0.00000162. The molecular formula is C11H18ClN3O2S. The summed E-state index contributed by atoms with van der Waals surface area (Å²) >= 11 is 0. The molecule has 1 aromatic heterocycles. The molecule has 0 aliphatic carbocycles. The van der Waals surface area contributed by atoms with E-state index in [0.717, 1.165) is 25.9 Å². The van der Waals surface area contributed by atoms with Crippen molar-refractivity contribution in [2.24, 2.45) is 5.92 Å². The maximum atomic E-state index is 11.9. The largest absolute Gasteiger partial charge is 0.316 e. The van der Waals surface area contributed by atoms with E-state index in [2.05, 4.69) is 15.0 Å². The molecule has 5 nitrogen and oxygen atoms in total. The van der Waals surface area contributed by atoms with Crippen molar-refractivity contribution in [1.29, 1.82) is 0 Å². The third-order valence-electron chi connectivity index (χ3n) is 2.91. The number of nitrogens with zero attached hydrogens (tertiary/aromatic N) is 1. The van der Waals surface area contributed by atoms with Crippen LogP contribution < -0.4 is 10.0 Å². The van der Waals surface area contributed by atoms with Gasteiger partial charge >= 0.3 is 0 Å². The Morgan fingerprint density at radius 1 is 1.50 bits per heavy atom. The van der Waals surface area contributed by atoms with Crippen LogP contribution in [0.5, 0.6) is 0 Å². The molecule has 1 unspecified atom stereocenters. The molecule has 102 valence electrons. The highest BCUT2D eigenvalue weighted by Crippen LogP contribution is 2.11. The number of nitrogens with one attached hydrogen (secondary N) is 2. The van der Waals surface area contributed by atoms with E-state index in [0.29, 0.717) is 12.5 Å². The van der Waals surface area contributed by atoms with Crippen LogP contribution in [0.3, 0.4) is 0 Å². The molecule has 0 amide bonds. The van der Waals surface area contributed by atoms with Crippen molar-refractivity contribution in [3.63, 3.8) is 0 Å². The summed E-state index contributed by atoms with van der Waals surface area (Å²) in [6.45, 7) is 2.41. The fourth-order valence-electron chi connectivity index (χ4n) is 1.92. The quantitative estimate of drug-likeness (QED) is 0.860. The molecule has 1 aromatic rings. The fraction of sp³-hybridized carbons (Fsp3) is 0.545. The maximum Gasteiger partial charge on any atom is 0.242 e. The molecule has 2 rings (SSSR count). The number of halogens is 1. The van der Waals surface area contributed by atoms with Crippen molar-refractivity contribution in [2.45, 2.75) is 17.7 Å². The smallest absolute Gasteiger partial charge is 0.242 e. The third-order valence-corrected chi connectivity index (χ3v) is 4.31. The molecule has 1 fully saturated rings. The van der Waals surface area contributed by atoms with Gasteiger partial charge in [-0.25, -0.2) is 13.1 Å². The van der Waals surface area contributed by atoms with Crippen LogP contribution in [-0.4, -0.2) is 33.0 Å². The number of aromatic nitrogens is 1. The first-order valence-corrected chi connectivity index (χ1v) is 7.27. The van der Waals surface area contributed by atoms with E-state index in [9.17, 15) is 8.42 Å². The van der Waals surface area contributed by atoms with E-state index in [1.165, 1.54) is 6.20 Å². The summed E-state index contributed by atoms with van der Waals surface area (Å²) < 4.78 is 26.4. The first kappa shape index (κ1) is 15.4. The molecule has 2 N–H and O–H groups in total. The zero-order chi connectivity index (χ0) is 12.1. The second-order valence-corrected chi connectivity index (χ2v) is 6.02. The minimum atomic E-state index is -3.40. The lowest BCUT2D eigenvalue weighted by Gasteiger charge is -2.22. The van der Waals surface area contributed by atoms with Gasteiger partial charge in [-0.2, -0.15) is 0 Å². The van der Waals surface area contributed by atoms with Gasteiger partial charge in [-0.15, -0.1) is 12.4 Å². The zero-order valence-corrected chi connectivity index (χ0v) is 11.6. The third kappa shape index (κ3) is 4.20. The molecular weight excluding hydrogens is 274 g/mol. The predicted octanol–water partition coefficient (Wildman–Crippen LogP) is 0.781.